The van der Waals surface area contributed by atoms with E-state index in [0.717, 1.165) is 11.1 Å². The predicted molar refractivity (Wildman–Crippen MR) is 114 cm³/mol. The number of rotatable bonds is 4. The van der Waals surface area contributed by atoms with E-state index < -0.39 is 0 Å². The van der Waals surface area contributed by atoms with Gasteiger partial charge in [-0.15, -0.1) is 0 Å². The molecule has 8 heteroatoms. The second-order valence-corrected chi connectivity index (χ2v) is 7.62. The molecule has 0 bridgehead atoms. The van der Waals surface area contributed by atoms with Crippen LogP contribution in [0, 0.1) is 5.82 Å². The summed E-state index contributed by atoms with van der Waals surface area (Å²) in [6.45, 7) is 0.940. The van der Waals surface area contributed by atoms with E-state index in [-0.39, 0.29) is 30.1 Å². The number of hydrogen-bond donors (Lipinski definition) is 2. The zero-order valence-electron chi connectivity index (χ0n) is 16.6. The molecule has 2 N–H and O–H groups in total. The highest BCUT2D eigenvalue weighted by Crippen LogP contribution is 2.28. The van der Waals surface area contributed by atoms with Gasteiger partial charge in [-0.3, -0.25) is 9.59 Å². The maximum absolute atomic E-state index is 13.2. The fraction of sp³-hybridized carbons (Fsp3) is 0.217. The van der Waals surface area contributed by atoms with Gasteiger partial charge in [0.1, 0.15) is 17.3 Å². The van der Waals surface area contributed by atoms with Crippen LogP contribution in [0.2, 0.25) is 0 Å². The van der Waals surface area contributed by atoms with Gasteiger partial charge in [-0.05, 0) is 30.7 Å². The van der Waals surface area contributed by atoms with Crippen molar-refractivity contribution in [1.82, 2.24) is 15.3 Å². The molecule has 0 spiro atoms. The SMILES string of the molecule is O=C1NCCc2c(NC3CC(=O)N(c4ccc(F)cc4)C3)nc(-c3ccccc3)nc21. The fourth-order valence-electron chi connectivity index (χ4n) is 4.00. The lowest BCUT2D eigenvalue weighted by molar-refractivity contribution is -0.117. The van der Waals surface area contributed by atoms with Crippen LogP contribution in [-0.4, -0.2) is 40.9 Å². The minimum Gasteiger partial charge on any atom is -0.365 e. The van der Waals surface area contributed by atoms with Crippen molar-refractivity contribution in [1.29, 1.82) is 0 Å². The Bertz CT molecular complexity index is 1150. The molecule has 3 aromatic rings. The molecule has 31 heavy (non-hydrogen) atoms. The van der Waals surface area contributed by atoms with Crippen LogP contribution in [0.15, 0.2) is 54.6 Å². The molecule has 0 radical (unpaired) electrons. The van der Waals surface area contributed by atoms with E-state index in [9.17, 15) is 14.0 Å². The largest absolute Gasteiger partial charge is 0.365 e. The average molecular weight is 417 g/mol. The molecule has 2 aliphatic rings. The minimum absolute atomic E-state index is 0.0481. The summed E-state index contributed by atoms with van der Waals surface area (Å²) in [5, 5.41) is 6.20. The second kappa shape index (κ2) is 7.79. The Labute approximate surface area is 178 Å². The smallest absolute Gasteiger partial charge is 0.270 e. The van der Waals surface area contributed by atoms with Gasteiger partial charge in [-0.2, -0.15) is 0 Å². The summed E-state index contributed by atoms with van der Waals surface area (Å²) in [5.41, 5.74) is 2.59. The van der Waals surface area contributed by atoms with Gasteiger partial charge >= 0.3 is 0 Å². The maximum Gasteiger partial charge on any atom is 0.270 e. The Balaban J connectivity index is 1.46. The van der Waals surface area contributed by atoms with Crippen LogP contribution in [-0.2, 0) is 11.2 Å². The van der Waals surface area contributed by atoms with Gasteiger partial charge in [0, 0.05) is 36.3 Å². The molecule has 1 aromatic heterocycles. The molecular formula is C23H20FN5O2. The number of amides is 2. The molecule has 156 valence electrons. The molecule has 0 aliphatic carbocycles. The van der Waals surface area contributed by atoms with Crippen LogP contribution in [0.3, 0.4) is 0 Å². The van der Waals surface area contributed by atoms with Gasteiger partial charge in [0.15, 0.2) is 5.82 Å². The maximum atomic E-state index is 13.2. The molecule has 1 saturated heterocycles. The second-order valence-electron chi connectivity index (χ2n) is 7.62. The standard InChI is InChI=1S/C23H20FN5O2/c24-15-6-8-17(9-7-15)29-13-16(12-19(29)30)26-22-18-10-11-25-23(31)20(18)27-21(28-22)14-4-2-1-3-5-14/h1-9,16H,10-13H2,(H,25,31)(H,26,27,28). The number of hydrogen-bond acceptors (Lipinski definition) is 5. The zero-order chi connectivity index (χ0) is 21.4. The van der Waals surface area contributed by atoms with Gasteiger partial charge in [0.05, 0.1) is 6.04 Å². The summed E-state index contributed by atoms with van der Waals surface area (Å²) in [6, 6.07) is 15.2. The van der Waals surface area contributed by atoms with Gasteiger partial charge in [0.2, 0.25) is 5.91 Å². The summed E-state index contributed by atoms with van der Waals surface area (Å²) < 4.78 is 13.2. The van der Waals surface area contributed by atoms with Crippen LogP contribution in [0.5, 0.6) is 0 Å². The number of halogens is 1. The number of nitrogens with zero attached hydrogens (tertiary/aromatic N) is 3. The first-order valence-corrected chi connectivity index (χ1v) is 10.2. The highest BCUT2D eigenvalue weighted by Gasteiger charge is 2.32. The van der Waals surface area contributed by atoms with Crippen molar-refractivity contribution in [3.8, 4) is 11.4 Å². The molecule has 1 unspecified atom stereocenters. The molecule has 2 aliphatic heterocycles. The number of carbonyl (C=O) groups is 2. The van der Waals surface area contributed by atoms with E-state index in [2.05, 4.69) is 15.6 Å². The van der Waals surface area contributed by atoms with E-state index >= 15 is 0 Å². The van der Waals surface area contributed by atoms with Crippen molar-refractivity contribution in [2.45, 2.75) is 18.9 Å². The van der Waals surface area contributed by atoms with Crippen LogP contribution >= 0.6 is 0 Å². The first kappa shape index (κ1) is 19.2. The zero-order valence-corrected chi connectivity index (χ0v) is 16.6. The van der Waals surface area contributed by atoms with Crippen molar-refractivity contribution < 1.29 is 14.0 Å². The van der Waals surface area contributed by atoms with E-state index in [4.69, 9.17) is 4.98 Å². The Kier molecular flexibility index (Phi) is 4.82. The van der Waals surface area contributed by atoms with Gasteiger partial charge in [0.25, 0.3) is 5.91 Å². The number of carbonyl (C=O) groups excluding carboxylic acids is 2. The molecule has 1 atom stereocenters. The lowest BCUT2D eigenvalue weighted by Crippen LogP contribution is -2.35. The van der Waals surface area contributed by atoms with E-state index in [0.29, 0.717) is 42.5 Å². The summed E-state index contributed by atoms with van der Waals surface area (Å²) in [5.74, 6) is 0.424. The van der Waals surface area contributed by atoms with E-state index in [1.54, 1.807) is 17.0 Å². The molecular weight excluding hydrogens is 397 g/mol. The van der Waals surface area contributed by atoms with Crippen molar-refractivity contribution in [3.05, 3.63) is 71.7 Å². The predicted octanol–water partition coefficient (Wildman–Crippen LogP) is 2.79. The first-order valence-electron chi connectivity index (χ1n) is 10.2. The van der Waals surface area contributed by atoms with Gasteiger partial charge in [-0.25, -0.2) is 14.4 Å². The average Bonchev–Trinajstić information content (AvgIpc) is 3.15. The quantitative estimate of drug-likeness (QED) is 0.682. The summed E-state index contributed by atoms with van der Waals surface area (Å²) in [7, 11) is 0. The number of anilines is 2. The Morgan fingerprint density at radius 1 is 1.03 bits per heavy atom. The van der Waals surface area contributed by atoms with Crippen LogP contribution in [0.25, 0.3) is 11.4 Å². The normalized spacial score (nSPS) is 18.0. The van der Waals surface area contributed by atoms with Crippen LogP contribution in [0.4, 0.5) is 15.9 Å². The summed E-state index contributed by atoms with van der Waals surface area (Å²) in [6.07, 6.45) is 0.893. The minimum atomic E-state index is -0.343. The van der Waals surface area contributed by atoms with Crippen molar-refractivity contribution in [2.75, 3.05) is 23.3 Å². The Morgan fingerprint density at radius 3 is 2.58 bits per heavy atom. The van der Waals surface area contributed by atoms with Crippen molar-refractivity contribution in [3.63, 3.8) is 0 Å². The Hall–Kier alpha value is -3.81. The number of nitrogens with one attached hydrogen (secondary N) is 2. The fourth-order valence-corrected chi connectivity index (χ4v) is 4.00. The van der Waals surface area contributed by atoms with Gasteiger partial charge < -0.3 is 15.5 Å². The van der Waals surface area contributed by atoms with Gasteiger partial charge in [-0.1, -0.05) is 30.3 Å². The third-order valence-electron chi connectivity index (χ3n) is 5.52. The molecule has 7 nitrogen and oxygen atoms in total. The van der Waals surface area contributed by atoms with Crippen LogP contribution < -0.4 is 15.5 Å². The summed E-state index contributed by atoms with van der Waals surface area (Å²) in [4.78, 5) is 35.9. The lowest BCUT2D eigenvalue weighted by atomic mass is 10.0. The monoisotopic (exact) mass is 417 g/mol. The van der Waals surface area contributed by atoms with E-state index in [1.165, 1.54) is 12.1 Å². The molecule has 0 saturated carbocycles. The molecule has 5 rings (SSSR count). The molecule has 3 heterocycles. The highest BCUT2D eigenvalue weighted by molar-refractivity contribution is 5.98. The molecule has 2 aromatic carbocycles. The van der Waals surface area contributed by atoms with E-state index in [1.807, 2.05) is 30.3 Å². The first-order chi connectivity index (χ1) is 15.1. The molecule has 2 amide bonds. The van der Waals surface area contributed by atoms with Crippen molar-refractivity contribution >= 4 is 23.3 Å². The Morgan fingerprint density at radius 2 is 1.81 bits per heavy atom. The van der Waals surface area contributed by atoms with Crippen molar-refractivity contribution in [2.24, 2.45) is 0 Å². The number of benzene rings is 2. The third-order valence-corrected chi connectivity index (χ3v) is 5.52. The third kappa shape index (κ3) is 3.72. The van der Waals surface area contributed by atoms with Crippen LogP contribution in [0.1, 0.15) is 22.5 Å². The lowest BCUT2D eigenvalue weighted by Gasteiger charge is -2.22. The highest BCUT2D eigenvalue weighted by atomic mass is 19.1. The number of aromatic nitrogens is 2. The topological polar surface area (TPSA) is 87.2 Å². The number of fused-ring (bicyclic) bond motifs is 1. The summed E-state index contributed by atoms with van der Waals surface area (Å²) >= 11 is 0. The molecule has 1 fully saturated rings.